The molecule has 0 aliphatic carbocycles. The van der Waals surface area contributed by atoms with Crippen LogP contribution in [-0.4, -0.2) is 40.8 Å². The Morgan fingerprint density at radius 3 is 2.52 bits per heavy atom. The number of anilines is 1. The first-order valence-electron chi connectivity index (χ1n) is 10.8. The average Bonchev–Trinajstić information content (AvgIpc) is 3.31. The lowest BCUT2D eigenvalue weighted by atomic mass is 9.93. The van der Waals surface area contributed by atoms with E-state index >= 15 is 0 Å². The van der Waals surface area contributed by atoms with Crippen molar-refractivity contribution in [1.29, 1.82) is 0 Å². The SMILES string of the molecule is Cc1ccc(-c2ccc(C(C)c3ccc(N4CCOCC4)cc3)c3nccn23)cc1O. The van der Waals surface area contributed by atoms with Gasteiger partial charge in [0, 0.05) is 48.2 Å². The van der Waals surface area contributed by atoms with Gasteiger partial charge in [0.25, 0.3) is 0 Å². The van der Waals surface area contributed by atoms with Gasteiger partial charge in [-0.3, -0.25) is 4.40 Å². The molecule has 1 aliphatic heterocycles. The summed E-state index contributed by atoms with van der Waals surface area (Å²) in [6.45, 7) is 7.60. The fourth-order valence-electron chi connectivity index (χ4n) is 4.35. The standard InChI is InChI=1S/C26H27N3O2/c1-18-3-4-21(17-25(18)30)24-10-9-23(26-27-11-12-29(24)26)19(2)20-5-7-22(8-6-20)28-13-15-31-16-14-28/h3-12,17,19,30H,13-16H2,1-2H3. The quantitative estimate of drug-likeness (QED) is 0.511. The normalized spacial score (nSPS) is 15.4. The van der Waals surface area contributed by atoms with Crippen molar-refractivity contribution in [2.45, 2.75) is 19.8 Å². The van der Waals surface area contributed by atoms with Gasteiger partial charge in [-0.05, 0) is 42.3 Å². The molecule has 0 bridgehead atoms. The number of imidazole rings is 1. The molecule has 5 nitrogen and oxygen atoms in total. The second-order valence-electron chi connectivity index (χ2n) is 8.21. The van der Waals surface area contributed by atoms with Crippen LogP contribution in [-0.2, 0) is 4.74 Å². The zero-order valence-electron chi connectivity index (χ0n) is 18.0. The summed E-state index contributed by atoms with van der Waals surface area (Å²) in [4.78, 5) is 7.03. The lowest BCUT2D eigenvalue weighted by Gasteiger charge is -2.29. The zero-order valence-corrected chi connectivity index (χ0v) is 18.0. The third-order valence-electron chi connectivity index (χ3n) is 6.32. The van der Waals surface area contributed by atoms with Gasteiger partial charge in [-0.25, -0.2) is 4.98 Å². The number of hydrogen-bond donors (Lipinski definition) is 1. The number of aromatic hydroxyl groups is 1. The maximum absolute atomic E-state index is 10.2. The minimum atomic E-state index is 0.212. The lowest BCUT2D eigenvalue weighted by molar-refractivity contribution is 0.122. The van der Waals surface area contributed by atoms with Crippen LogP contribution in [0.4, 0.5) is 5.69 Å². The van der Waals surface area contributed by atoms with Crippen LogP contribution in [0, 0.1) is 6.92 Å². The largest absolute Gasteiger partial charge is 0.508 e. The van der Waals surface area contributed by atoms with E-state index in [9.17, 15) is 5.11 Å². The number of morpholine rings is 1. The molecule has 2 aromatic heterocycles. The van der Waals surface area contributed by atoms with Crippen molar-refractivity contribution in [3.63, 3.8) is 0 Å². The molecule has 0 radical (unpaired) electrons. The molecule has 1 atom stereocenters. The Morgan fingerprint density at radius 2 is 1.77 bits per heavy atom. The van der Waals surface area contributed by atoms with Gasteiger partial charge in [-0.1, -0.05) is 37.3 Å². The first kappa shape index (κ1) is 19.6. The number of benzene rings is 2. The highest BCUT2D eigenvalue weighted by molar-refractivity contribution is 5.68. The highest BCUT2D eigenvalue weighted by atomic mass is 16.5. The smallest absolute Gasteiger partial charge is 0.140 e. The van der Waals surface area contributed by atoms with Crippen LogP contribution in [0.15, 0.2) is 67.0 Å². The number of aryl methyl sites for hydroxylation is 1. The molecule has 1 fully saturated rings. The number of nitrogens with zero attached hydrogens (tertiary/aromatic N) is 3. The Morgan fingerprint density at radius 1 is 1.00 bits per heavy atom. The Kier molecular flexibility index (Phi) is 5.12. The number of pyridine rings is 1. The van der Waals surface area contributed by atoms with Gasteiger partial charge >= 0.3 is 0 Å². The van der Waals surface area contributed by atoms with Gasteiger partial charge in [0.15, 0.2) is 0 Å². The van der Waals surface area contributed by atoms with Crippen molar-refractivity contribution < 1.29 is 9.84 Å². The van der Waals surface area contributed by atoms with Crippen LogP contribution < -0.4 is 4.90 Å². The van der Waals surface area contributed by atoms with Crippen LogP contribution in [0.2, 0.25) is 0 Å². The second-order valence-corrected chi connectivity index (χ2v) is 8.21. The van der Waals surface area contributed by atoms with Gasteiger partial charge in [-0.2, -0.15) is 0 Å². The third-order valence-corrected chi connectivity index (χ3v) is 6.32. The average molecular weight is 414 g/mol. The summed E-state index contributed by atoms with van der Waals surface area (Å²) in [6.07, 6.45) is 3.82. The predicted octanol–water partition coefficient (Wildman–Crippen LogP) is 5.00. The summed E-state index contributed by atoms with van der Waals surface area (Å²) in [6, 6.07) is 18.9. The molecule has 158 valence electrons. The molecular formula is C26H27N3O2. The molecule has 1 aliphatic rings. The summed E-state index contributed by atoms with van der Waals surface area (Å²) in [5, 5.41) is 10.2. The summed E-state index contributed by atoms with van der Waals surface area (Å²) < 4.78 is 7.57. The number of aromatic nitrogens is 2. The number of ether oxygens (including phenoxy) is 1. The molecule has 0 amide bonds. The van der Waals surface area contributed by atoms with E-state index in [1.165, 1.54) is 16.8 Å². The molecule has 1 saturated heterocycles. The minimum Gasteiger partial charge on any atom is -0.508 e. The van der Waals surface area contributed by atoms with E-state index < -0.39 is 0 Å². The Hall–Kier alpha value is -3.31. The van der Waals surface area contributed by atoms with E-state index in [-0.39, 0.29) is 5.92 Å². The van der Waals surface area contributed by atoms with E-state index in [1.807, 2.05) is 37.5 Å². The fraction of sp³-hybridized carbons (Fsp3) is 0.269. The molecule has 2 aromatic carbocycles. The van der Waals surface area contributed by atoms with Crippen molar-refractivity contribution in [2.24, 2.45) is 0 Å². The van der Waals surface area contributed by atoms with E-state index in [1.54, 1.807) is 0 Å². The molecular weight excluding hydrogens is 386 g/mol. The third kappa shape index (κ3) is 3.66. The Labute approximate surface area is 182 Å². The number of phenolic OH excluding ortho intramolecular Hbond substituents is 1. The highest BCUT2D eigenvalue weighted by Crippen LogP contribution is 2.33. The maximum atomic E-state index is 10.2. The summed E-state index contributed by atoms with van der Waals surface area (Å²) in [7, 11) is 0. The molecule has 1 N–H and O–H groups in total. The first-order valence-corrected chi connectivity index (χ1v) is 10.8. The van der Waals surface area contributed by atoms with Crippen LogP contribution in [0.5, 0.6) is 5.75 Å². The molecule has 0 spiro atoms. The molecule has 5 rings (SSSR count). The van der Waals surface area contributed by atoms with Gasteiger partial charge in [0.05, 0.1) is 18.9 Å². The lowest BCUT2D eigenvalue weighted by Crippen LogP contribution is -2.36. The molecule has 3 heterocycles. The maximum Gasteiger partial charge on any atom is 0.140 e. The molecule has 1 unspecified atom stereocenters. The van der Waals surface area contributed by atoms with Crippen LogP contribution in [0.1, 0.15) is 29.5 Å². The summed E-state index contributed by atoms with van der Waals surface area (Å²) in [5.74, 6) is 0.521. The van der Waals surface area contributed by atoms with E-state index in [0.717, 1.165) is 48.8 Å². The second kappa shape index (κ2) is 8.08. The predicted molar refractivity (Wildman–Crippen MR) is 124 cm³/mol. The van der Waals surface area contributed by atoms with Crippen molar-refractivity contribution in [3.8, 4) is 17.0 Å². The van der Waals surface area contributed by atoms with Crippen LogP contribution in [0.3, 0.4) is 0 Å². The first-order chi connectivity index (χ1) is 15.1. The topological polar surface area (TPSA) is 50.0 Å². The van der Waals surface area contributed by atoms with Gasteiger partial charge < -0.3 is 14.7 Å². The molecule has 4 aromatic rings. The highest BCUT2D eigenvalue weighted by Gasteiger charge is 2.17. The number of fused-ring (bicyclic) bond motifs is 1. The molecule has 5 heteroatoms. The number of hydrogen-bond acceptors (Lipinski definition) is 4. The van der Waals surface area contributed by atoms with Gasteiger partial charge in [-0.15, -0.1) is 0 Å². The van der Waals surface area contributed by atoms with Crippen molar-refractivity contribution in [1.82, 2.24) is 9.38 Å². The zero-order chi connectivity index (χ0) is 21.4. The number of phenols is 1. The fourth-order valence-corrected chi connectivity index (χ4v) is 4.35. The van der Waals surface area contributed by atoms with E-state index in [2.05, 4.69) is 57.6 Å². The van der Waals surface area contributed by atoms with Crippen molar-refractivity contribution in [3.05, 3.63) is 83.7 Å². The van der Waals surface area contributed by atoms with Crippen molar-refractivity contribution >= 4 is 11.3 Å². The number of rotatable bonds is 4. The van der Waals surface area contributed by atoms with Crippen LogP contribution in [0.25, 0.3) is 16.9 Å². The Balaban J connectivity index is 1.47. The summed E-state index contributed by atoms with van der Waals surface area (Å²) >= 11 is 0. The minimum absolute atomic E-state index is 0.212. The van der Waals surface area contributed by atoms with E-state index in [4.69, 9.17) is 4.74 Å². The van der Waals surface area contributed by atoms with Crippen molar-refractivity contribution in [2.75, 3.05) is 31.2 Å². The Bertz CT molecular complexity index is 1210. The van der Waals surface area contributed by atoms with Crippen LogP contribution >= 0.6 is 0 Å². The summed E-state index contributed by atoms with van der Waals surface area (Å²) in [5.41, 5.74) is 7.51. The van der Waals surface area contributed by atoms with Gasteiger partial charge in [0.1, 0.15) is 11.4 Å². The molecule has 0 saturated carbocycles. The monoisotopic (exact) mass is 413 g/mol. The molecule has 31 heavy (non-hydrogen) atoms. The van der Waals surface area contributed by atoms with E-state index in [0.29, 0.717) is 5.75 Å². The van der Waals surface area contributed by atoms with Gasteiger partial charge in [0.2, 0.25) is 0 Å².